The lowest BCUT2D eigenvalue weighted by Gasteiger charge is -2.21. The molecule has 1 heterocycles. The van der Waals surface area contributed by atoms with Crippen LogP contribution in [0.2, 0.25) is 0 Å². The molecule has 2 N–H and O–H groups in total. The van der Waals surface area contributed by atoms with Gasteiger partial charge in [0, 0.05) is 4.88 Å². The number of carbonyl (C=O) groups is 2. The fourth-order valence-electron chi connectivity index (χ4n) is 1.62. The van der Waals surface area contributed by atoms with E-state index in [1.807, 2.05) is 13.0 Å². The number of hydrogen-bond donors (Lipinski definition) is 2. The number of carboxylic acid groups (broad SMARTS) is 1. The van der Waals surface area contributed by atoms with Crippen LogP contribution in [0.5, 0.6) is 0 Å². The molecule has 0 radical (unpaired) electrons. The van der Waals surface area contributed by atoms with Crippen molar-refractivity contribution in [2.24, 2.45) is 5.41 Å². The van der Waals surface area contributed by atoms with Gasteiger partial charge < -0.3 is 10.4 Å². The average molecular weight is 283 g/mol. The van der Waals surface area contributed by atoms with Gasteiger partial charge in [0.25, 0.3) is 5.91 Å². The molecule has 5 heteroatoms. The molecule has 1 amide bonds. The van der Waals surface area contributed by atoms with E-state index in [2.05, 4.69) is 26.1 Å². The lowest BCUT2D eigenvalue weighted by atomic mass is 9.88. The minimum atomic E-state index is -0.981. The van der Waals surface area contributed by atoms with Gasteiger partial charge >= 0.3 is 5.97 Å². The lowest BCUT2D eigenvalue weighted by Crippen LogP contribution is -2.41. The molecule has 1 atom stereocenters. The van der Waals surface area contributed by atoms with Gasteiger partial charge in [0.2, 0.25) is 0 Å². The van der Waals surface area contributed by atoms with Crippen LogP contribution in [-0.4, -0.2) is 23.0 Å². The number of carbonyl (C=O) groups excluding carboxylic acids is 1. The Morgan fingerprint density at radius 3 is 2.42 bits per heavy atom. The van der Waals surface area contributed by atoms with Gasteiger partial charge in [-0.15, -0.1) is 11.3 Å². The first-order valence-electron chi connectivity index (χ1n) is 6.29. The summed E-state index contributed by atoms with van der Waals surface area (Å²) in [7, 11) is 0. The van der Waals surface area contributed by atoms with Crippen molar-refractivity contribution in [1.29, 1.82) is 0 Å². The zero-order chi connectivity index (χ0) is 14.6. The van der Waals surface area contributed by atoms with Crippen LogP contribution in [0.25, 0.3) is 0 Å². The number of thiophene rings is 1. The number of aryl methyl sites for hydroxylation is 1. The lowest BCUT2D eigenvalue weighted by molar-refractivity contribution is -0.139. The third-order valence-corrected chi connectivity index (χ3v) is 3.75. The molecule has 0 fully saturated rings. The van der Waals surface area contributed by atoms with E-state index in [0.29, 0.717) is 11.3 Å². The van der Waals surface area contributed by atoms with Crippen molar-refractivity contribution in [1.82, 2.24) is 5.32 Å². The Labute approximate surface area is 117 Å². The first-order chi connectivity index (χ1) is 8.69. The van der Waals surface area contributed by atoms with Crippen LogP contribution < -0.4 is 5.32 Å². The van der Waals surface area contributed by atoms with Crippen molar-refractivity contribution in [2.45, 2.75) is 46.6 Å². The van der Waals surface area contributed by atoms with Crippen molar-refractivity contribution in [2.75, 3.05) is 0 Å². The number of hydrogen-bond acceptors (Lipinski definition) is 3. The third kappa shape index (κ3) is 5.42. The molecule has 4 nitrogen and oxygen atoms in total. The topological polar surface area (TPSA) is 66.4 Å². The Balaban J connectivity index is 2.63. The molecule has 0 saturated heterocycles. The van der Waals surface area contributed by atoms with E-state index in [4.69, 9.17) is 5.11 Å². The predicted molar refractivity (Wildman–Crippen MR) is 76.6 cm³/mol. The summed E-state index contributed by atoms with van der Waals surface area (Å²) in [6.45, 7) is 8.07. The molecule has 106 valence electrons. The largest absolute Gasteiger partial charge is 0.480 e. The van der Waals surface area contributed by atoms with Crippen molar-refractivity contribution in [3.05, 3.63) is 21.9 Å². The van der Waals surface area contributed by atoms with E-state index in [1.165, 1.54) is 11.3 Å². The minimum Gasteiger partial charge on any atom is -0.480 e. The maximum absolute atomic E-state index is 11.9. The second kappa shape index (κ2) is 6.19. The average Bonchev–Trinajstić information content (AvgIpc) is 2.69. The predicted octanol–water partition coefficient (Wildman–Crippen LogP) is 3.07. The number of amides is 1. The standard InChI is InChI=1S/C14H21NO3S/c1-9-5-6-11(19-9)12(16)15-10(13(17)18)7-8-14(2,3)4/h5-6,10H,7-8H2,1-4H3,(H,15,16)(H,17,18). The number of nitrogens with one attached hydrogen (secondary N) is 1. The highest BCUT2D eigenvalue weighted by molar-refractivity contribution is 7.13. The summed E-state index contributed by atoms with van der Waals surface area (Å²) < 4.78 is 0. The zero-order valence-electron chi connectivity index (χ0n) is 11.8. The second-order valence-corrected chi connectivity index (χ2v) is 7.16. The van der Waals surface area contributed by atoms with Crippen molar-refractivity contribution in [3.8, 4) is 0 Å². The van der Waals surface area contributed by atoms with Gasteiger partial charge in [-0.1, -0.05) is 20.8 Å². The highest BCUT2D eigenvalue weighted by Crippen LogP contribution is 2.22. The summed E-state index contributed by atoms with van der Waals surface area (Å²) in [5, 5.41) is 11.8. The molecule has 0 aliphatic rings. The molecule has 0 saturated carbocycles. The first-order valence-corrected chi connectivity index (χ1v) is 7.11. The normalized spacial score (nSPS) is 13.1. The Hall–Kier alpha value is -1.36. The number of carboxylic acids is 1. The molecule has 0 aliphatic heterocycles. The van der Waals surface area contributed by atoms with E-state index in [1.54, 1.807) is 6.07 Å². The van der Waals surface area contributed by atoms with Crippen molar-refractivity contribution >= 4 is 23.2 Å². The fourth-order valence-corrected chi connectivity index (χ4v) is 2.39. The molecule has 0 spiro atoms. The van der Waals surface area contributed by atoms with Gasteiger partial charge in [0.1, 0.15) is 6.04 Å². The summed E-state index contributed by atoms with van der Waals surface area (Å²) in [5.41, 5.74) is 0.0535. The number of rotatable bonds is 5. The van der Waals surface area contributed by atoms with E-state index in [9.17, 15) is 9.59 Å². The van der Waals surface area contributed by atoms with E-state index in [-0.39, 0.29) is 11.3 Å². The molecule has 0 aliphatic carbocycles. The molecule has 0 bridgehead atoms. The van der Waals surface area contributed by atoms with E-state index >= 15 is 0 Å². The smallest absolute Gasteiger partial charge is 0.326 e. The van der Waals surface area contributed by atoms with Crippen LogP contribution >= 0.6 is 11.3 Å². The number of aliphatic carboxylic acids is 1. The van der Waals surface area contributed by atoms with Gasteiger partial charge in [0.05, 0.1) is 4.88 Å². The minimum absolute atomic E-state index is 0.0535. The Kier molecular flexibility index (Phi) is 5.11. The Bertz CT molecular complexity index is 460. The summed E-state index contributed by atoms with van der Waals surface area (Å²) in [6, 6.07) is 2.75. The fraction of sp³-hybridized carbons (Fsp3) is 0.571. The summed E-state index contributed by atoms with van der Waals surface area (Å²) in [5.74, 6) is -1.29. The monoisotopic (exact) mass is 283 g/mol. The molecular formula is C14H21NO3S. The molecule has 1 aromatic heterocycles. The van der Waals surface area contributed by atoms with Crippen LogP contribution in [-0.2, 0) is 4.79 Å². The summed E-state index contributed by atoms with van der Waals surface area (Å²) >= 11 is 1.37. The third-order valence-electron chi connectivity index (χ3n) is 2.75. The summed E-state index contributed by atoms with van der Waals surface area (Å²) in [6.07, 6.45) is 1.18. The van der Waals surface area contributed by atoms with Crippen LogP contribution in [0.4, 0.5) is 0 Å². The van der Waals surface area contributed by atoms with E-state index in [0.717, 1.165) is 11.3 Å². The first kappa shape index (κ1) is 15.7. The van der Waals surface area contributed by atoms with Gasteiger partial charge in [-0.05, 0) is 37.3 Å². The van der Waals surface area contributed by atoms with Crippen LogP contribution in [0.15, 0.2) is 12.1 Å². The van der Waals surface area contributed by atoms with Gasteiger partial charge in [0.15, 0.2) is 0 Å². The SMILES string of the molecule is Cc1ccc(C(=O)NC(CCC(C)(C)C)C(=O)O)s1. The quantitative estimate of drug-likeness (QED) is 0.872. The van der Waals surface area contributed by atoms with Gasteiger partial charge in [-0.3, -0.25) is 4.79 Å². The molecule has 19 heavy (non-hydrogen) atoms. The van der Waals surface area contributed by atoms with E-state index < -0.39 is 12.0 Å². The molecule has 1 unspecified atom stereocenters. The molecule has 1 aromatic rings. The Morgan fingerprint density at radius 2 is 2.00 bits per heavy atom. The molecular weight excluding hydrogens is 262 g/mol. The van der Waals surface area contributed by atoms with Crippen LogP contribution in [0.1, 0.15) is 48.2 Å². The van der Waals surface area contributed by atoms with Crippen molar-refractivity contribution < 1.29 is 14.7 Å². The maximum atomic E-state index is 11.9. The highest BCUT2D eigenvalue weighted by Gasteiger charge is 2.23. The van der Waals surface area contributed by atoms with Crippen molar-refractivity contribution in [3.63, 3.8) is 0 Å². The van der Waals surface area contributed by atoms with Gasteiger partial charge in [-0.25, -0.2) is 4.79 Å². The second-order valence-electron chi connectivity index (χ2n) is 5.87. The zero-order valence-corrected chi connectivity index (χ0v) is 12.6. The van der Waals surface area contributed by atoms with Crippen LogP contribution in [0.3, 0.4) is 0 Å². The molecule has 1 rings (SSSR count). The summed E-state index contributed by atoms with van der Waals surface area (Å²) in [4.78, 5) is 24.7. The highest BCUT2D eigenvalue weighted by atomic mass is 32.1. The van der Waals surface area contributed by atoms with Crippen LogP contribution in [0, 0.1) is 12.3 Å². The Morgan fingerprint density at radius 1 is 1.37 bits per heavy atom. The van der Waals surface area contributed by atoms with Gasteiger partial charge in [-0.2, -0.15) is 0 Å². The molecule has 0 aromatic carbocycles. The maximum Gasteiger partial charge on any atom is 0.326 e.